The number of aryl methyl sites for hydroxylation is 1. The number of carbonyl (C=O) groups is 1. The van der Waals surface area contributed by atoms with Gasteiger partial charge in [-0.15, -0.1) is 0 Å². The summed E-state index contributed by atoms with van der Waals surface area (Å²) < 4.78 is 16.7. The number of nitrogens with one attached hydrogen (secondary N) is 2. The van der Waals surface area contributed by atoms with Crippen LogP contribution in [0.1, 0.15) is 30.0 Å². The molecule has 0 aliphatic carbocycles. The number of hydrogen-bond donors (Lipinski definition) is 2. The fraction of sp³-hybridized carbons (Fsp3) is 0.476. The van der Waals surface area contributed by atoms with Gasteiger partial charge in [-0.1, -0.05) is 12.1 Å². The fourth-order valence-electron chi connectivity index (χ4n) is 3.05. The molecule has 0 bridgehead atoms. The molecule has 0 radical (unpaired) electrons. The smallest absolute Gasteiger partial charge is 0.315 e. The van der Waals surface area contributed by atoms with E-state index < -0.39 is 0 Å². The zero-order chi connectivity index (χ0) is 19.8. The summed E-state index contributed by atoms with van der Waals surface area (Å²) in [6, 6.07) is 11.1. The molecule has 1 saturated heterocycles. The largest absolute Gasteiger partial charge is 0.492 e. The van der Waals surface area contributed by atoms with E-state index in [0.717, 1.165) is 55.7 Å². The number of carbonyl (C=O) groups excluding carboxylic acids is 1. The highest BCUT2D eigenvalue weighted by atomic mass is 16.5. The number of hydrogen-bond acceptors (Lipinski definition) is 5. The lowest BCUT2D eigenvalue weighted by molar-refractivity contribution is 0.0322. The van der Waals surface area contributed by atoms with E-state index in [1.165, 1.54) is 0 Å². The van der Waals surface area contributed by atoms with Gasteiger partial charge in [-0.3, -0.25) is 4.90 Å². The van der Waals surface area contributed by atoms with Crippen LogP contribution >= 0.6 is 0 Å². The lowest BCUT2D eigenvalue weighted by Crippen LogP contribution is -2.38. The molecule has 1 fully saturated rings. The SMILES string of the molecule is Cc1ccc(C(C)NC(=O)NCc2cccc(OCCN3CCOCC3)c2)o1. The number of rotatable bonds is 8. The maximum atomic E-state index is 12.1. The van der Waals surface area contributed by atoms with Crippen LogP contribution in [0.5, 0.6) is 5.75 Å². The number of furan rings is 1. The third-order valence-corrected chi connectivity index (χ3v) is 4.67. The molecule has 1 aromatic carbocycles. The molecule has 3 rings (SSSR count). The van der Waals surface area contributed by atoms with Gasteiger partial charge in [-0.2, -0.15) is 0 Å². The predicted molar refractivity (Wildman–Crippen MR) is 106 cm³/mol. The van der Waals surface area contributed by atoms with Crippen LogP contribution in [0.4, 0.5) is 4.79 Å². The zero-order valence-corrected chi connectivity index (χ0v) is 16.6. The second-order valence-electron chi connectivity index (χ2n) is 6.95. The van der Waals surface area contributed by atoms with Gasteiger partial charge >= 0.3 is 6.03 Å². The first kappa shape index (κ1) is 20.2. The zero-order valence-electron chi connectivity index (χ0n) is 16.6. The highest BCUT2D eigenvalue weighted by Crippen LogP contribution is 2.16. The Balaban J connectivity index is 1.40. The first-order chi connectivity index (χ1) is 13.6. The molecule has 2 aromatic rings. The third-order valence-electron chi connectivity index (χ3n) is 4.67. The van der Waals surface area contributed by atoms with Crippen molar-refractivity contribution in [3.63, 3.8) is 0 Å². The Bertz CT molecular complexity index is 756. The number of urea groups is 1. The molecule has 7 heteroatoms. The van der Waals surface area contributed by atoms with Crippen molar-refractivity contribution in [2.75, 3.05) is 39.5 Å². The van der Waals surface area contributed by atoms with Crippen molar-refractivity contribution in [3.8, 4) is 5.75 Å². The molecule has 2 heterocycles. The molecule has 0 saturated carbocycles. The minimum atomic E-state index is -0.236. The van der Waals surface area contributed by atoms with E-state index in [-0.39, 0.29) is 12.1 Å². The maximum Gasteiger partial charge on any atom is 0.315 e. The van der Waals surface area contributed by atoms with E-state index >= 15 is 0 Å². The average Bonchev–Trinajstić information content (AvgIpc) is 3.14. The van der Waals surface area contributed by atoms with Crippen LogP contribution in [0.15, 0.2) is 40.8 Å². The lowest BCUT2D eigenvalue weighted by atomic mass is 10.2. The average molecular weight is 387 g/mol. The van der Waals surface area contributed by atoms with Gasteiger partial charge < -0.3 is 24.5 Å². The van der Waals surface area contributed by atoms with E-state index in [2.05, 4.69) is 15.5 Å². The number of benzene rings is 1. The molecular weight excluding hydrogens is 358 g/mol. The molecule has 1 unspecified atom stereocenters. The second kappa shape index (κ2) is 10.1. The molecule has 1 aromatic heterocycles. The summed E-state index contributed by atoms with van der Waals surface area (Å²) in [6.45, 7) is 9.22. The van der Waals surface area contributed by atoms with E-state index in [1.807, 2.05) is 50.2 Å². The van der Waals surface area contributed by atoms with Crippen LogP contribution in [0.2, 0.25) is 0 Å². The molecule has 0 spiro atoms. The second-order valence-corrected chi connectivity index (χ2v) is 6.95. The van der Waals surface area contributed by atoms with E-state index in [4.69, 9.17) is 13.9 Å². The van der Waals surface area contributed by atoms with E-state index in [9.17, 15) is 4.79 Å². The van der Waals surface area contributed by atoms with Crippen molar-refractivity contribution in [2.45, 2.75) is 26.4 Å². The predicted octanol–water partition coefficient (Wildman–Crippen LogP) is 2.86. The summed E-state index contributed by atoms with van der Waals surface area (Å²) in [7, 11) is 0. The molecule has 7 nitrogen and oxygen atoms in total. The number of nitrogens with zero attached hydrogens (tertiary/aromatic N) is 1. The Hall–Kier alpha value is -2.51. The van der Waals surface area contributed by atoms with Crippen molar-refractivity contribution in [1.29, 1.82) is 0 Å². The Morgan fingerprint density at radius 1 is 1.25 bits per heavy atom. The van der Waals surface area contributed by atoms with Crippen LogP contribution in [-0.2, 0) is 11.3 Å². The van der Waals surface area contributed by atoms with Gasteiger partial charge in [0.2, 0.25) is 0 Å². The maximum absolute atomic E-state index is 12.1. The Kier molecular flexibility index (Phi) is 7.33. The molecular formula is C21H29N3O4. The quantitative estimate of drug-likeness (QED) is 0.728. The Morgan fingerprint density at radius 2 is 2.07 bits per heavy atom. The fourth-order valence-corrected chi connectivity index (χ4v) is 3.05. The van der Waals surface area contributed by atoms with Crippen LogP contribution in [0.25, 0.3) is 0 Å². The van der Waals surface area contributed by atoms with E-state index in [0.29, 0.717) is 13.2 Å². The lowest BCUT2D eigenvalue weighted by Gasteiger charge is -2.26. The van der Waals surface area contributed by atoms with E-state index in [1.54, 1.807) is 0 Å². The first-order valence-electron chi connectivity index (χ1n) is 9.73. The van der Waals surface area contributed by atoms with Gasteiger partial charge in [0.15, 0.2) is 0 Å². The van der Waals surface area contributed by atoms with Crippen molar-refractivity contribution in [3.05, 3.63) is 53.5 Å². The molecule has 1 aliphatic rings. The van der Waals surface area contributed by atoms with Gasteiger partial charge in [0.05, 0.1) is 19.3 Å². The van der Waals surface area contributed by atoms with Crippen LogP contribution in [0.3, 0.4) is 0 Å². The Morgan fingerprint density at radius 3 is 2.82 bits per heavy atom. The van der Waals surface area contributed by atoms with Crippen molar-refractivity contribution < 1.29 is 18.7 Å². The van der Waals surface area contributed by atoms with Gasteiger partial charge in [-0.05, 0) is 43.7 Å². The normalized spacial score (nSPS) is 15.8. The third kappa shape index (κ3) is 6.28. The Labute approximate surface area is 166 Å². The summed E-state index contributed by atoms with van der Waals surface area (Å²) in [5.74, 6) is 2.38. The minimum Gasteiger partial charge on any atom is -0.492 e. The summed E-state index contributed by atoms with van der Waals surface area (Å²) in [5, 5.41) is 5.75. The van der Waals surface area contributed by atoms with Crippen LogP contribution in [-0.4, -0.2) is 50.4 Å². The number of amides is 2. The topological polar surface area (TPSA) is 76.0 Å². The summed E-state index contributed by atoms with van der Waals surface area (Å²) in [5.41, 5.74) is 0.987. The van der Waals surface area contributed by atoms with Crippen molar-refractivity contribution in [2.24, 2.45) is 0 Å². The number of morpholine rings is 1. The van der Waals surface area contributed by atoms with Crippen molar-refractivity contribution >= 4 is 6.03 Å². The van der Waals surface area contributed by atoms with Crippen molar-refractivity contribution in [1.82, 2.24) is 15.5 Å². The summed E-state index contributed by atoms with van der Waals surface area (Å²) in [4.78, 5) is 14.5. The highest BCUT2D eigenvalue weighted by Gasteiger charge is 2.13. The number of ether oxygens (including phenoxy) is 2. The minimum absolute atomic E-state index is 0.191. The standard InChI is InChI=1S/C21H29N3O4/c1-16-6-7-20(28-16)17(2)23-21(25)22-15-18-4-3-5-19(14-18)27-13-10-24-8-11-26-12-9-24/h3-7,14,17H,8-13,15H2,1-2H3,(H2,22,23,25). The van der Waals surface area contributed by atoms with Gasteiger partial charge in [0.1, 0.15) is 23.9 Å². The molecule has 1 atom stereocenters. The molecule has 2 N–H and O–H groups in total. The van der Waals surface area contributed by atoms with Gasteiger partial charge in [0, 0.05) is 26.2 Å². The molecule has 2 amide bonds. The summed E-state index contributed by atoms with van der Waals surface area (Å²) >= 11 is 0. The van der Waals surface area contributed by atoms with Gasteiger partial charge in [0.25, 0.3) is 0 Å². The molecule has 1 aliphatic heterocycles. The summed E-state index contributed by atoms with van der Waals surface area (Å²) in [6.07, 6.45) is 0. The first-order valence-corrected chi connectivity index (χ1v) is 9.73. The molecule has 28 heavy (non-hydrogen) atoms. The monoisotopic (exact) mass is 387 g/mol. The highest BCUT2D eigenvalue weighted by molar-refractivity contribution is 5.74. The van der Waals surface area contributed by atoms with Crippen LogP contribution in [0, 0.1) is 6.92 Å². The van der Waals surface area contributed by atoms with Gasteiger partial charge in [-0.25, -0.2) is 4.79 Å². The molecule has 152 valence electrons. The van der Waals surface area contributed by atoms with Crippen LogP contribution < -0.4 is 15.4 Å².